The van der Waals surface area contributed by atoms with E-state index in [1.807, 2.05) is 4.72 Å². The molecule has 2 N–H and O–H groups in total. The Labute approximate surface area is 112 Å². The number of ether oxygens (including phenoxy) is 1. The molecule has 0 atom stereocenters. The fraction of sp³-hybridized carbons (Fsp3) is 0.300. The topological polar surface area (TPSA) is 92.7 Å². The zero-order chi connectivity index (χ0) is 15.4. The van der Waals surface area contributed by atoms with Crippen LogP contribution in [0.1, 0.15) is 5.56 Å². The molecule has 0 aliphatic carbocycles. The van der Waals surface area contributed by atoms with E-state index in [1.165, 1.54) is 12.1 Å². The summed E-state index contributed by atoms with van der Waals surface area (Å²) >= 11 is 0. The van der Waals surface area contributed by atoms with E-state index in [0.717, 1.165) is 12.1 Å². The number of carboxylic acid groups (broad SMARTS) is 1. The molecule has 0 bridgehead atoms. The van der Waals surface area contributed by atoms with Gasteiger partial charge in [0.25, 0.3) is 0 Å². The number of benzene rings is 1. The van der Waals surface area contributed by atoms with Gasteiger partial charge in [-0.05, 0) is 17.7 Å². The fourth-order valence-electron chi connectivity index (χ4n) is 1.22. The molecule has 1 rings (SSSR count). The van der Waals surface area contributed by atoms with Crippen molar-refractivity contribution in [2.24, 2.45) is 0 Å². The minimum Gasteiger partial charge on any atom is -0.480 e. The standard InChI is InChI=1S/C10H10F3NO5S/c11-10(12,13)19-8-3-1-7(2-4-8)5-14-20(17,18)6-9(15)16/h1-4,14H,5-6H2,(H,15,16). The molecule has 0 amide bonds. The Morgan fingerprint density at radius 1 is 1.25 bits per heavy atom. The first-order chi connectivity index (χ1) is 9.07. The number of sulfonamides is 1. The maximum absolute atomic E-state index is 11.9. The van der Waals surface area contributed by atoms with Crippen LogP contribution in [0.5, 0.6) is 5.75 Å². The second-order valence-electron chi connectivity index (χ2n) is 3.67. The summed E-state index contributed by atoms with van der Waals surface area (Å²) in [7, 11) is -3.98. The Hall–Kier alpha value is -1.81. The van der Waals surface area contributed by atoms with E-state index < -0.39 is 33.9 Å². The molecule has 0 aromatic heterocycles. The molecule has 112 valence electrons. The van der Waals surface area contributed by atoms with Crippen LogP contribution in [0, 0.1) is 0 Å². The maximum atomic E-state index is 11.9. The van der Waals surface area contributed by atoms with Crippen molar-refractivity contribution in [2.45, 2.75) is 12.9 Å². The molecule has 0 aliphatic rings. The highest BCUT2D eigenvalue weighted by atomic mass is 32.2. The number of rotatable bonds is 6. The molecule has 1 aromatic carbocycles. The lowest BCUT2D eigenvalue weighted by atomic mass is 10.2. The number of alkyl halides is 3. The van der Waals surface area contributed by atoms with Crippen LogP contribution < -0.4 is 9.46 Å². The zero-order valence-electron chi connectivity index (χ0n) is 9.85. The molecule has 1 aromatic rings. The van der Waals surface area contributed by atoms with Crippen LogP contribution in [0.15, 0.2) is 24.3 Å². The number of hydrogen-bond acceptors (Lipinski definition) is 4. The van der Waals surface area contributed by atoms with Gasteiger partial charge in [-0.3, -0.25) is 4.79 Å². The minimum absolute atomic E-state index is 0.234. The second kappa shape index (κ2) is 6.09. The smallest absolute Gasteiger partial charge is 0.480 e. The maximum Gasteiger partial charge on any atom is 0.573 e. The minimum atomic E-state index is -4.80. The van der Waals surface area contributed by atoms with Crippen LogP contribution in [0.25, 0.3) is 0 Å². The van der Waals surface area contributed by atoms with Gasteiger partial charge in [0.05, 0.1) is 0 Å². The van der Waals surface area contributed by atoms with E-state index in [2.05, 4.69) is 4.74 Å². The summed E-state index contributed by atoms with van der Waals surface area (Å²) < 4.78 is 63.7. The predicted molar refractivity (Wildman–Crippen MR) is 61.4 cm³/mol. The summed E-state index contributed by atoms with van der Waals surface area (Å²) in [6, 6.07) is 4.50. The van der Waals surface area contributed by atoms with Crippen LogP contribution in [-0.2, 0) is 21.4 Å². The average molecular weight is 313 g/mol. The number of nitrogens with one attached hydrogen (secondary N) is 1. The van der Waals surface area contributed by atoms with E-state index in [-0.39, 0.29) is 6.54 Å². The molecular weight excluding hydrogens is 303 g/mol. The van der Waals surface area contributed by atoms with Crippen molar-refractivity contribution < 1.29 is 36.2 Å². The number of carbonyl (C=O) groups is 1. The molecule has 0 spiro atoms. The third kappa shape index (κ3) is 6.38. The van der Waals surface area contributed by atoms with Gasteiger partial charge in [-0.15, -0.1) is 13.2 Å². The Bertz CT molecular complexity index is 568. The highest BCUT2D eigenvalue weighted by molar-refractivity contribution is 7.90. The van der Waals surface area contributed by atoms with Gasteiger partial charge in [-0.1, -0.05) is 12.1 Å². The van der Waals surface area contributed by atoms with E-state index in [4.69, 9.17) is 5.11 Å². The number of aliphatic carboxylic acids is 1. The molecule has 20 heavy (non-hydrogen) atoms. The summed E-state index contributed by atoms with van der Waals surface area (Å²) in [5, 5.41) is 8.35. The average Bonchev–Trinajstić information content (AvgIpc) is 2.24. The lowest BCUT2D eigenvalue weighted by Crippen LogP contribution is -2.29. The molecule has 6 nitrogen and oxygen atoms in total. The highest BCUT2D eigenvalue weighted by Crippen LogP contribution is 2.22. The number of carboxylic acids is 1. The van der Waals surface area contributed by atoms with Crippen LogP contribution in [0.4, 0.5) is 13.2 Å². The summed E-state index contributed by atoms with van der Waals surface area (Å²) in [4.78, 5) is 10.3. The van der Waals surface area contributed by atoms with Crippen molar-refractivity contribution in [3.8, 4) is 5.75 Å². The monoisotopic (exact) mass is 313 g/mol. The van der Waals surface area contributed by atoms with E-state index >= 15 is 0 Å². The molecule has 0 radical (unpaired) electrons. The molecule has 0 saturated carbocycles. The summed E-state index contributed by atoms with van der Waals surface area (Å²) in [5.74, 6) is -3.02. The lowest BCUT2D eigenvalue weighted by molar-refractivity contribution is -0.274. The fourth-order valence-corrected chi connectivity index (χ4v) is 2.03. The first-order valence-corrected chi connectivity index (χ1v) is 6.76. The van der Waals surface area contributed by atoms with Gasteiger partial charge in [0, 0.05) is 6.54 Å². The molecule has 0 saturated heterocycles. The van der Waals surface area contributed by atoms with E-state index in [9.17, 15) is 26.4 Å². The van der Waals surface area contributed by atoms with Crippen LogP contribution >= 0.6 is 0 Å². The first kappa shape index (κ1) is 16.2. The molecule has 0 unspecified atom stereocenters. The van der Waals surface area contributed by atoms with Crippen molar-refractivity contribution in [3.63, 3.8) is 0 Å². The van der Waals surface area contributed by atoms with Gasteiger partial charge in [0.15, 0.2) is 5.75 Å². The third-order valence-electron chi connectivity index (χ3n) is 1.97. The van der Waals surface area contributed by atoms with Crippen LogP contribution in [0.2, 0.25) is 0 Å². The molecule has 0 aliphatic heterocycles. The van der Waals surface area contributed by atoms with Gasteiger partial charge in [-0.2, -0.15) is 0 Å². The van der Waals surface area contributed by atoms with Crippen LogP contribution in [0.3, 0.4) is 0 Å². The van der Waals surface area contributed by atoms with Crippen molar-refractivity contribution in [1.82, 2.24) is 4.72 Å². The van der Waals surface area contributed by atoms with E-state index in [1.54, 1.807) is 0 Å². The Kier molecular flexibility index (Phi) is 4.95. The van der Waals surface area contributed by atoms with Gasteiger partial charge < -0.3 is 9.84 Å². The van der Waals surface area contributed by atoms with Gasteiger partial charge in [0.2, 0.25) is 10.0 Å². The summed E-state index contributed by atoms with van der Waals surface area (Å²) in [6.07, 6.45) is -4.80. The van der Waals surface area contributed by atoms with Crippen molar-refractivity contribution in [2.75, 3.05) is 5.75 Å². The van der Waals surface area contributed by atoms with Gasteiger partial charge in [0.1, 0.15) is 5.75 Å². The predicted octanol–water partition coefficient (Wildman–Crippen LogP) is 1.09. The number of hydrogen-bond donors (Lipinski definition) is 2. The molecule has 0 heterocycles. The lowest BCUT2D eigenvalue weighted by Gasteiger charge is -2.09. The van der Waals surface area contributed by atoms with Crippen molar-refractivity contribution >= 4 is 16.0 Å². The third-order valence-corrected chi connectivity index (χ3v) is 3.18. The Morgan fingerprint density at radius 2 is 1.80 bits per heavy atom. The molecular formula is C10H10F3NO5S. The highest BCUT2D eigenvalue weighted by Gasteiger charge is 2.30. The quantitative estimate of drug-likeness (QED) is 0.820. The Balaban J connectivity index is 2.60. The second-order valence-corrected chi connectivity index (χ2v) is 5.47. The van der Waals surface area contributed by atoms with E-state index in [0.29, 0.717) is 5.56 Å². The SMILES string of the molecule is O=C(O)CS(=O)(=O)NCc1ccc(OC(F)(F)F)cc1. The summed E-state index contributed by atoms with van der Waals surface area (Å²) in [5.41, 5.74) is 0.355. The largest absolute Gasteiger partial charge is 0.573 e. The molecule has 0 fully saturated rings. The van der Waals surface area contributed by atoms with Crippen LogP contribution in [-0.4, -0.2) is 31.6 Å². The van der Waals surface area contributed by atoms with Crippen molar-refractivity contribution in [3.05, 3.63) is 29.8 Å². The number of halogens is 3. The first-order valence-electron chi connectivity index (χ1n) is 5.11. The molecule has 10 heteroatoms. The van der Waals surface area contributed by atoms with Gasteiger partial charge in [-0.25, -0.2) is 13.1 Å². The Morgan fingerprint density at radius 3 is 2.25 bits per heavy atom. The zero-order valence-corrected chi connectivity index (χ0v) is 10.7. The van der Waals surface area contributed by atoms with Gasteiger partial charge >= 0.3 is 12.3 Å². The normalized spacial score (nSPS) is 12.2. The summed E-state index contributed by atoms with van der Waals surface area (Å²) in [6.45, 7) is -0.234. The van der Waals surface area contributed by atoms with Crippen molar-refractivity contribution in [1.29, 1.82) is 0 Å².